The van der Waals surface area contributed by atoms with Crippen LogP contribution in [0.4, 0.5) is 0 Å². The molecule has 3 rings (SSSR count). The van der Waals surface area contributed by atoms with Crippen LogP contribution in [0, 0.1) is 0 Å². The van der Waals surface area contributed by atoms with Gasteiger partial charge in [0.1, 0.15) is 0 Å². The summed E-state index contributed by atoms with van der Waals surface area (Å²) < 4.78 is 5.35. The molecule has 104 valence electrons. The number of ether oxygens (including phenoxy) is 1. The van der Waals surface area contributed by atoms with Gasteiger partial charge in [-0.15, -0.1) is 0 Å². The summed E-state index contributed by atoms with van der Waals surface area (Å²) in [4.78, 5) is 20.3. The van der Waals surface area contributed by atoms with Gasteiger partial charge in [0.25, 0.3) is 0 Å². The number of aromatic nitrogens is 2. The Bertz CT molecular complexity index is 811. The van der Waals surface area contributed by atoms with Crippen molar-refractivity contribution in [3.63, 3.8) is 0 Å². The van der Waals surface area contributed by atoms with Crippen molar-refractivity contribution >= 4 is 16.7 Å². The number of fused-ring (bicyclic) bond motifs is 1. The minimum atomic E-state index is 0.0403. The van der Waals surface area contributed by atoms with E-state index in [0.29, 0.717) is 17.3 Å². The lowest BCUT2D eigenvalue weighted by Gasteiger charge is -2.07. The molecule has 0 aliphatic rings. The molecule has 2 aromatic carbocycles. The van der Waals surface area contributed by atoms with Crippen molar-refractivity contribution in [3.8, 4) is 17.3 Å². The van der Waals surface area contributed by atoms with Gasteiger partial charge in [-0.25, -0.2) is 4.98 Å². The van der Waals surface area contributed by atoms with Crippen LogP contribution in [0.5, 0.6) is 5.88 Å². The molecule has 0 spiro atoms. The minimum Gasteiger partial charge on any atom is -0.480 e. The molecule has 0 fully saturated rings. The summed E-state index contributed by atoms with van der Waals surface area (Å²) in [6.45, 7) is 1.55. The van der Waals surface area contributed by atoms with Crippen molar-refractivity contribution in [1.29, 1.82) is 0 Å². The highest BCUT2D eigenvalue weighted by Crippen LogP contribution is 2.26. The lowest BCUT2D eigenvalue weighted by molar-refractivity contribution is 0.101. The first-order valence-corrected chi connectivity index (χ1v) is 6.61. The van der Waals surface area contributed by atoms with Gasteiger partial charge in [0.2, 0.25) is 5.88 Å². The van der Waals surface area contributed by atoms with Crippen LogP contribution in [0.2, 0.25) is 0 Å². The molecular formula is C17H14N2O2. The summed E-state index contributed by atoms with van der Waals surface area (Å²) in [5, 5.41) is 0.879. The second-order valence-corrected chi connectivity index (χ2v) is 4.71. The van der Waals surface area contributed by atoms with Crippen molar-refractivity contribution in [2.24, 2.45) is 0 Å². The third-order valence-electron chi connectivity index (χ3n) is 3.31. The normalized spacial score (nSPS) is 10.6. The Morgan fingerprint density at radius 1 is 1.00 bits per heavy atom. The standard InChI is InChI=1S/C17H14N2O2/c1-11(20)12-7-9-13(10-8-12)16-18-15-6-4-3-5-14(15)17(19-16)21-2/h3-10H,1-2H3. The van der Waals surface area contributed by atoms with Gasteiger partial charge >= 0.3 is 0 Å². The Morgan fingerprint density at radius 3 is 2.38 bits per heavy atom. The van der Waals surface area contributed by atoms with Crippen LogP contribution in [0.1, 0.15) is 17.3 Å². The molecule has 0 saturated carbocycles. The van der Waals surface area contributed by atoms with Gasteiger partial charge in [0.15, 0.2) is 11.6 Å². The quantitative estimate of drug-likeness (QED) is 0.688. The van der Waals surface area contributed by atoms with E-state index in [0.717, 1.165) is 16.5 Å². The first-order valence-electron chi connectivity index (χ1n) is 6.61. The van der Waals surface area contributed by atoms with Gasteiger partial charge in [0.05, 0.1) is 18.0 Å². The number of rotatable bonds is 3. The molecule has 21 heavy (non-hydrogen) atoms. The molecule has 0 radical (unpaired) electrons. The fraction of sp³-hybridized carbons (Fsp3) is 0.118. The van der Waals surface area contributed by atoms with Gasteiger partial charge in [-0.3, -0.25) is 4.79 Å². The Kier molecular flexibility index (Phi) is 3.36. The molecule has 0 aliphatic carbocycles. The highest BCUT2D eigenvalue weighted by Gasteiger charge is 2.09. The Labute approximate surface area is 122 Å². The van der Waals surface area contributed by atoms with Crippen LogP contribution in [0.25, 0.3) is 22.3 Å². The SMILES string of the molecule is COc1nc(-c2ccc(C(C)=O)cc2)nc2ccccc12. The summed E-state index contributed by atoms with van der Waals surface area (Å²) in [5.74, 6) is 1.17. The molecule has 3 aromatic rings. The monoisotopic (exact) mass is 278 g/mol. The van der Waals surface area contributed by atoms with Crippen LogP contribution in [0.15, 0.2) is 48.5 Å². The molecule has 0 bridgehead atoms. The molecule has 1 aromatic heterocycles. The number of carbonyl (C=O) groups is 1. The number of hydrogen-bond acceptors (Lipinski definition) is 4. The van der Waals surface area contributed by atoms with Crippen molar-refractivity contribution in [1.82, 2.24) is 9.97 Å². The smallest absolute Gasteiger partial charge is 0.224 e. The van der Waals surface area contributed by atoms with Crippen LogP contribution in [0.3, 0.4) is 0 Å². The van der Waals surface area contributed by atoms with E-state index in [1.54, 1.807) is 26.2 Å². The third-order valence-corrected chi connectivity index (χ3v) is 3.31. The number of benzene rings is 2. The topological polar surface area (TPSA) is 52.1 Å². The highest BCUT2D eigenvalue weighted by molar-refractivity contribution is 5.94. The van der Waals surface area contributed by atoms with E-state index < -0.39 is 0 Å². The number of para-hydroxylation sites is 1. The highest BCUT2D eigenvalue weighted by atomic mass is 16.5. The fourth-order valence-electron chi connectivity index (χ4n) is 2.19. The zero-order valence-electron chi connectivity index (χ0n) is 11.8. The van der Waals surface area contributed by atoms with E-state index in [2.05, 4.69) is 9.97 Å². The Hall–Kier alpha value is -2.75. The molecule has 0 N–H and O–H groups in total. The molecule has 4 nitrogen and oxygen atoms in total. The number of Topliss-reactive ketones (excluding diaryl/α,β-unsaturated/α-hetero) is 1. The number of methoxy groups -OCH3 is 1. The lowest BCUT2D eigenvalue weighted by atomic mass is 10.1. The first kappa shape index (κ1) is 13.2. The molecule has 0 atom stereocenters. The molecule has 0 unspecified atom stereocenters. The van der Waals surface area contributed by atoms with Crippen LogP contribution >= 0.6 is 0 Å². The predicted molar refractivity (Wildman–Crippen MR) is 81.5 cm³/mol. The van der Waals surface area contributed by atoms with E-state index in [1.165, 1.54) is 0 Å². The van der Waals surface area contributed by atoms with Gasteiger partial charge in [-0.2, -0.15) is 4.98 Å². The summed E-state index contributed by atoms with van der Waals surface area (Å²) in [5.41, 5.74) is 2.35. The van der Waals surface area contributed by atoms with Crippen molar-refractivity contribution < 1.29 is 9.53 Å². The molecule has 4 heteroatoms. The maximum Gasteiger partial charge on any atom is 0.224 e. The first-order chi connectivity index (χ1) is 10.2. The predicted octanol–water partition coefficient (Wildman–Crippen LogP) is 3.51. The van der Waals surface area contributed by atoms with Gasteiger partial charge in [-0.05, 0) is 19.1 Å². The molecule has 0 amide bonds. The van der Waals surface area contributed by atoms with Crippen molar-refractivity contribution in [3.05, 3.63) is 54.1 Å². The summed E-state index contributed by atoms with van der Waals surface area (Å²) in [6.07, 6.45) is 0. The molecule has 1 heterocycles. The number of hydrogen-bond donors (Lipinski definition) is 0. The second-order valence-electron chi connectivity index (χ2n) is 4.71. The maximum absolute atomic E-state index is 11.3. The van der Waals surface area contributed by atoms with Crippen LogP contribution in [-0.4, -0.2) is 22.9 Å². The van der Waals surface area contributed by atoms with Gasteiger partial charge in [0, 0.05) is 11.1 Å². The third kappa shape index (κ3) is 2.48. The largest absolute Gasteiger partial charge is 0.480 e. The lowest BCUT2D eigenvalue weighted by Crippen LogP contribution is -1.97. The molecule has 0 aliphatic heterocycles. The zero-order valence-corrected chi connectivity index (χ0v) is 11.8. The Morgan fingerprint density at radius 2 is 1.71 bits per heavy atom. The van der Waals surface area contributed by atoms with E-state index in [9.17, 15) is 4.79 Å². The van der Waals surface area contributed by atoms with Crippen LogP contribution < -0.4 is 4.74 Å². The molecular weight excluding hydrogens is 264 g/mol. The zero-order chi connectivity index (χ0) is 14.8. The second kappa shape index (κ2) is 5.32. The summed E-state index contributed by atoms with van der Waals surface area (Å²) in [6, 6.07) is 15.0. The van der Waals surface area contributed by atoms with E-state index >= 15 is 0 Å². The van der Waals surface area contributed by atoms with E-state index in [4.69, 9.17) is 4.74 Å². The van der Waals surface area contributed by atoms with Crippen molar-refractivity contribution in [2.45, 2.75) is 6.92 Å². The van der Waals surface area contributed by atoms with E-state index in [1.807, 2.05) is 36.4 Å². The average Bonchev–Trinajstić information content (AvgIpc) is 2.53. The maximum atomic E-state index is 11.3. The molecule has 0 saturated heterocycles. The van der Waals surface area contributed by atoms with Gasteiger partial charge in [-0.1, -0.05) is 36.4 Å². The minimum absolute atomic E-state index is 0.0403. The Balaban J connectivity index is 2.13. The summed E-state index contributed by atoms with van der Waals surface area (Å²) in [7, 11) is 1.59. The number of carbonyl (C=O) groups excluding carboxylic acids is 1. The number of nitrogens with zero attached hydrogens (tertiary/aromatic N) is 2. The van der Waals surface area contributed by atoms with Gasteiger partial charge < -0.3 is 4.74 Å². The van der Waals surface area contributed by atoms with Crippen molar-refractivity contribution in [2.75, 3.05) is 7.11 Å². The summed E-state index contributed by atoms with van der Waals surface area (Å²) >= 11 is 0. The van der Waals surface area contributed by atoms with Crippen LogP contribution in [-0.2, 0) is 0 Å². The fourth-order valence-corrected chi connectivity index (χ4v) is 2.19. The van der Waals surface area contributed by atoms with E-state index in [-0.39, 0.29) is 5.78 Å². The average molecular weight is 278 g/mol. The number of ketones is 1.